The fourth-order valence-electron chi connectivity index (χ4n) is 4.70. The van der Waals surface area contributed by atoms with Crippen molar-refractivity contribution < 1.29 is 28.6 Å². The lowest BCUT2D eigenvalue weighted by molar-refractivity contribution is -0.150. The van der Waals surface area contributed by atoms with Crippen LogP contribution in [0.15, 0.2) is 90.8 Å². The van der Waals surface area contributed by atoms with Gasteiger partial charge >= 0.3 is 0 Å². The maximum absolute atomic E-state index is 13.3. The van der Waals surface area contributed by atoms with Gasteiger partial charge in [0.25, 0.3) is 5.91 Å². The lowest BCUT2D eigenvalue weighted by Gasteiger charge is -2.29. The van der Waals surface area contributed by atoms with Gasteiger partial charge in [0.05, 0.1) is 18.7 Å². The number of amides is 1. The van der Waals surface area contributed by atoms with Crippen molar-refractivity contribution in [3.8, 4) is 0 Å². The van der Waals surface area contributed by atoms with Crippen molar-refractivity contribution in [2.24, 2.45) is 0 Å². The highest BCUT2D eigenvalue weighted by atomic mass is 19.1. The summed E-state index contributed by atoms with van der Waals surface area (Å²) in [5.74, 6) is -1.00. The molecule has 7 nitrogen and oxygen atoms in total. The molecular weight excluding hydrogens is 499 g/mol. The van der Waals surface area contributed by atoms with E-state index in [9.17, 15) is 19.1 Å². The highest BCUT2D eigenvalue weighted by Crippen LogP contribution is 2.36. The van der Waals surface area contributed by atoms with Crippen LogP contribution < -0.4 is 5.32 Å². The molecule has 39 heavy (non-hydrogen) atoms. The molecule has 0 unspecified atom stereocenters. The zero-order chi connectivity index (χ0) is 27.4. The number of allylic oxidation sites excluding steroid dienone is 1. The maximum atomic E-state index is 13.3. The lowest BCUT2D eigenvalue weighted by Crippen LogP contribution is -2.32. The van der Waals surface area contributed by atoms with Gasteiger partial charge in [0.1, 0.15) is 5.82 Å². The Morgan fingerprint density at radius 2 is 1.72 bits per heavy atom. The zero-order valence-electron chi connectivity index (χ0n) is 21.5. The fourth-order valence-corrected chi connectivity index (χ4v) is 4.70. The summed E-state index contributed by atoms with van der Waals surface area (Å²) >= 11 is 0. The molecular formula is C31H29FN2O5. The summed E-state index contributed by atoms with van der Waals surface area (Å²) in [5.41, 5.74) is 4.15. The van der Waals surface area contributed by atoms with Crippen molar-refractivity contribution in [2.45, 2.75) is 45.3 Å². The Kier molecular flexibility index (Phi) is 7.86. The Balaban J connectivity index is 1.40. The summed E-state index contributed by atoms with van der Waals surface area (Å²) in [7, 11) is 0. The van der Waals surface area contributed by atoms with Crippen LogP contribution in [0.4, 0.5) is 4.39 Å². The monoisotopic (exact) mass is 528 g/mol. The smallest absolute Gasteiger partial charge is 0.286 e. The van der Waals surface area contributed by atoms with E-state index in [0.717, 1.165) is 33.2 Å². The number of hydrogen-bond acceptors (Lipinski definition) is 5. The van der Waals surface area contributed by atoms with Crippen molar-refractivity contribution >= 4 is 22.7 Å². The van der Waals surface area contributed by atoms with Gasteiger partial charge in [-0.3, -0.25) is 14.2 Å². The molecule has 0 saturated carbocycles. The van der Waals surface area contributed by atoms with Gasteiger partial charge in [0, 0.05) is 37.4 Å². The first kappa shape index (κ1) is 26.3. The van der Waals surface area contributed by atoms with Gasteiger partial charge in [0.15, 0.2) is 5.76 Å². The number of rotatable bonds is 8. The lowest BCUT2D eigenvalue weighted by atomic mass is 9.92. The summed E-state index contributed by atoms with van der Waals surface area (Å²) in [6.07, 6.45) is 3.30. The van der Waals surface area contributed by atoms with Crippen molar-refractivity contribution in [1.29, 1.82) is 0 Å². The molecule has 4 aromatic rings. The molecule has 2 atom stereocenters. The van der Waals surface area contributed by atoms with Crippen LogP contribution in [0.5, 0.6) is 0 Å². The molecule has 2 heterocycles. The number of aliphatic hydroxyl groups is 1. The molecule has 0 spiro atoms. The first-order chi connectivity index (χ1) is 18.9. The van der Waals surface area contributed by atoms with Crippen LogP contribution in [0.3, 0.4) is 0 Å². The van der Waals surface area contributed by atoms with Gasteiger partial charge < -0.3 is 19.9 Å². The number of carbonyl (C=O) groups is 2. The molecule has 3 aromatic carbocycles. The Labute approximate surface area is 225 Å². The largest absolute Gasteiger partial charge is 0.459 e. The highest BCUT2D eigenvalue weighted by Gasteiger charge is 2.31. The first-order valence-corrected chi connectivity index (χ1v) is 12.7. The van der Waals surface area contributed by atoms with E-state index in [1.165, 1.54) is 19.1 Å². The maximum Gasteiger partial charge on any atom is 0.286 e. The van der Waals surface area contributed by atoms with Crippen LogP contribution in [0, 0.1) is 5.82 Å². The molecule has 0 saturated heterocycles. The molecule has 0 aliphatic carbocycles. The van der Waals surface area contributed by atoms with E-state index in [1.807, 2.05) is 54.7 Å². The number of nitrogens with one attached hydrogen (secondary N) is 1. The number of fused-ring (bicyclic) bond motifs is 1. The molecule has 0 fully saturated rings. The summed E-state index contributed by atoms with van der Waals surface area (Å²) in [6, 6.07) is 21.0. The fraction of sp³-hybridized carbons (Fsp3) is 0.226. The molecule has 0 radical (unpaired) electrons. The Morgan fingerprint density at radius 1 is 1.03 bits per heavy atom. The minimum Gasteiger partial charge on any atom is -0.459 e. The third-order valence-corrected chi connectivity index (χ3v) is 6.77. The molecule has 1 aromatic heterocycles. The van der Waals surface area contributed by atoms with Gasteiger partial charge in [0.2, 0.25) is 12.2 Å². The Hall–Kier alpha value is -4.27. The second-order valence-corrected chi connectivity index (χ2v) is 9.51. The number of benzene rings is 3. The number of ether oxygens (including phenoxy) is 2. The van der Waals surface area contributed by atoms with E-state index in [1.54, 1.807) is 22.8 Å². The van der Waals surface area contributed by atoms with Gasteiger partial charge in [-0.2, -0.15) is 0 Å². The summed E-state index contributed by atoms with van der Waals surface area (Å²) in [5, 5.41) is 13.0. The molecule has 0 bridgehead atoms. The quantitative estimate of drug-likeness (QED) is 0.329. The highest BCUT2D eigenvalue weighted by molar-refractivity contribution is 5.95. The van der Waals surface area contributed by atoms with E-state index in [0.29, 0.717) is 6.42 Å². The molecule has 8 heteroatoms. The van der Waals surface area contributed by atoms with Crippen LogP contribution in [-0.2, 0) is 34.0 Å². The van der Waals surface area contributed by atoms with Gasteiger partial charge in [-0.25, -0.2) is 4.39 Å². The average Bonchev–Trinajstić information content (AvgIpc) is 3.36. The molecule has 200 valence electrons. The number of para-hydroxylation sites is 1. The number of aromatic nitrogens is 1. The number of aliphatic hydroxyl groups excluding tert-OH is 1. The molecule has 1 aliphatic rings. The molecule has 1 aliphatic heterocycles. The minimum atomic E-state index is -0.719. The molecule has 5 rings (SSSR count). The van der Waals surface area contributed by atoms with Crippen molar-refractivity contribution in [2.75, 3.05) is 0 Å². The van der Waals surface area contributed by atoms with Gasteiger partial charge in [-0.15, -0.1) is 0 Å². The van der Waals surface area contributed by atoms with Crippen LogP contribution in [-0.4, -0.2) is 27.8 Å². The predicted molar refractivity (Wildman–Crippen MR) is 144 cm³/mol. The minimum absolute atomic E-state index is 0.0381. The predicted octanol–water partition coefficient (Wildman–Crippen LogP) is 5.18. The summed E-state index contributed by atoms with van der Waals surface area (Å²) in [6.45, 7) is 1.93. The number of hydrogen-bond donors (Lipinski definition) is 2. The van der Waals surface area contributed by atoms with Crippen LogP contribution in [0.2, 0.25) is 0 Å². The Morgan fingerprint density at radius 3 is 2.44 bits per heavy atom. The van der Waals surface area contributed by atoms with Crippen LogP contribution in [0.1, 0.15) is 46.3 Å². The normalized spacial score (nSPS) is 16.9. The van der Waals surface area contributed by atoms with Crippen molar-refractivity contribution in [3.63, 3.8) is 0 Å². The SMILES string of the molecule is CC(=O)n1cc([C@H]2C=C(C(=O)NCc3ccc(F)cc3)O[C@@H](OCc3ccc(CO)cc3)C2)c2ccccc21. The first-order valence-electron chi connectivity index (χ1n) is 12.7. The van der Waals surface area contributed by atoms with Crippen LogP contribution in [0.25, 0.3) is 10.9 Å². The average molecular weight is 529 g/mol. The van der Waals surface area contributed by atoms with Crippen LogP contribution >= 0.6 is 0 Å². The zero-order valence-corrected chi connectivity index (χ0v) is 21.5. The van der Waals surface area contributed by atoms with E-state index >= 15 is 0 Å². The van der Waals surface area contributed by atoms with E-state index in [4.69, 9.17) is 9.47 Å². The number of halogens is 1. The standard InChI is InChI=1S/C31H29FN2O5/c1-20(36)34-17-27(26-4-2-3-5-28(26)34)24-14-29(31(37)33-16-21-10-12-25(32)13-11-21)39-30(15-24)38-19-23-8-6-22(18-35)7-9-23/h2-14,17,24,30,35H,15-16,18-19H2,1H3,(H,33,37)/t24-,30+/m0/s1. The van der Waals surface area contributed by atoms with E-state index in [2.05, 4.69) is 5.32 Å². The third kappa shape index (κ3) is 6.08. The topological polar surface area (TPSA) is 89.8 Å². The molecule has 2 N–H and O–H groups in total. The van der Waals surface area contributed by atoms with Gasteiger partial charge in [-0.05, 0) is 46.5 Å². The Bertz CT molecular complexity index is 1510. The van der Waals surface area contributed by atoms with E-state index in [-0.39, 0.29) is 43.2 Å². The number of carbonyl (C=O) groups excluding carboxylic acids is 2. The number of nitrogens with zero attached hydrogens (tertiary/aromatic N) is 1. The summed E-state index contributed by atoms with van der Waals surface area (Å²) < 4.78 is 27.0. The third-order valence-electron chi connectivity index (χ3n) is 6.77. The van der Waals surface area contributed by atoms with E-state index < -0.39 is 12.2 Å². The second-order valence-electron chi connectivity index (χ2n) is 9.51. The van der Waals surface area contributed by atoms with Crippen molar-refractivity contribution in [1.82, 2.24) is 9.88 Å². The summed E-state index contributed by atoms with van der Waals surface area (Å²) in [4.78, 5) is 25.5. The van der Waals surface area contributed by atoms with Gasteiger partial charge in [-0.1, -0.05) is 54.6 Å². The van der Waals surface area contributed by atoms with Crippen molar-refractivity contribution in [3.05, 3.63) is 119 Å². The second kappa shape index (κ2) is 11.6. The molecule has 1 amide bonds.